The van der Waals surface area contributed by atoms with E-state index >= 15 is 0 Å². The molecule has 4 rings (SSSR count). The van der Waals surface area contributed by atoms with Crippen LogP contribution >= 0.6 is 0 Å². The van der Waals surface area contributed by atoms with E-state index in [1.54, 1.807) is 4.31 Å². The molecule has 2 saturated carbocycles. The summed E-state index contributed by atoms with van der Waals surface area (Å²) in [6.07, 6.45) is 2.27. The molecule has 1 aliphatic heterocycles. The molecule has 28 heavy (non-hydrogen) atoms. The van der Waals surface area contributed by atoms with Crippen molar-refractivity contribution in [2.45, 2.75) is 47.0 Å². The van der Waals surface area contributed by atoms with E-state index in [4.69, 9.17) is 0 Å². The second kappa shape index (κ2) is 6.56. The Morgan fingerprint density at radius 1 is 1.11 bits per heavy atom. The predicted octanol–water partition coefficient (Wildman–Crippen LogP) is 3.15. The fourth-order valence-electron chi connectivity index (χ4n) is 5.78. The molecule has 1 aromatic rings. The number of anilines is 1. The molecule has 2 atom stereocenters. The number of rotatable bonds is 4. The first-order valence-electron chi connectivity index (χ1n) is 10.4. The van der Waals surface area contributed by atoms with Crippen LogP contribution in [0.5, 0.6) is 0 Å². The van der Waals surface area contributed by atoms with Crippen molar-refractivity contribution in [3.8, 4) is 0 Å². The van der Waals surface area contributed by atoms with Crippen LogP contribution in [0.3, 0.4) is 0 Å². The van der Waals surface area contributed by atoms with Gasteiger partial charge in [0.25, 0.3) is 0 Å². The van der Waals surface area contributed by atoms with Gasteiger partial charge in [-0.25, -0.2) is 8.42 Å². The zero-order chi connectivity index (χ0) is 20.3. The van der Waals surface area contributed by atoms with Gasteiger partial charge in [0.15, 0.2) is 0 Å². The molecular weight excluding hydrogens is 372 g/mol. The lowest BCUT2D eigenvalue weighted by Crippen LogP contribution is -2.52. The number of piperazine rings is 1. The number of nitrogens with zero attached hydrogens (tertiary/aromatic N) is 2. The third kappa shape index (κ3) is 2.91. The zero-order valence-electron chi connectivity index (χ0n) is 17.5. The first-order valence-corrected chi connectivity index (χ1v) is 12.0. The Hall–Kier alpha value is -1.40. The van der Waals surface area contributed by atoms with Gasteiger partial charge in [-0.2, -0.15) is 4.31 Å². The Morgan fingerprint density at radius 3 is 2.36 bits per heavy atom. The van der Waals surface area contributed by atoms with Gasteiger partial charge in [-0.15, -0.1) is 0 Å². The van der Waals surface area contributed by atoms with Gasteiger partial charge < -0.3 is 4.90 Å². The first-order chi connectivity index (χ1) is 13.1. The minimum absolute atomic E-state index is 0.00813. The summed E-state index contributed by atoms with van der Waals surface area (Å²) in [6.45, 7) is 10.7. The first kappa shape index (κ1) is 19.9. The number of carbonyl (C=O) groups excluding carboxylic acids is 1. The van der Waals surface area contributed by atoms with Crippen molar-refractivity contribution < 1.29 is 13.2 Å². The maximum absolute atomic E-state index is 13.3. The van der Waals surface area contributed by atoms with Crippen molar-refractivity contribution in [1.82, 2.24) is 4.31 Å². The molecule has 154 valence electrons. The van der Waals surface area contributed by atoms with E-state index in [0.29, 0.717) is 38.5 Å². The predicted molar refractivity (Wildman–Crippen MR) is 112 cm³/mol. The van der Waals surface area contributed by atoms with Gasteiger partial charge in [-0.3, -0.25) is 4.79 Å². The van der Waals surface area contributed by atoms with Crippen LogP contribution in [-0.4, -0.2) is 50.4 Å². The van der Waals surface area contributed by atoms with Crippen LogP contribution in [0.15, 0.2) is 18.2 Å². The van der Waals surface area contributed by atoms with Crippen LogP contribution in [0.25, 0.3) is 0 Å². The van der Waals surface area contributed by atoms with E-state index in [1.165, 1.54) is 16.8 Å². The maximum Gasteiger partial charge on any atom is 0.215 e. The fourth-order valence-corrected chi connectivity index (χ4v) is 7.98. The number of sulfonamides is 1. The van der Waals surface area contributed by atoms with Gasteiger partial charge in [-0.05, 0) is 55.2 Å². The third-order valence-electron chi connectivity index (χ3n) is 7.91. The fraction of sp³-hybridized carbons (Fsp3) is 0.682. The highest BCUT2D eigenvalue weighted by Gasteiger charge is 2.65. The van der Waals surface area contributed by atoms with Crippen molar-refractivity contribution in [2.24, 2.45) is 16.7 Å². The van der Waals surface area contributed by atoms with Crippen LogP contribution < -0.4 is 4.90 Å². The number of Topliss-reactive ketones (excluding diaryl/α,β-unsaturated/α-hetero) is 1. The van der Waals surface area contributed by atoms with Crippen LogP contribution in [0.4, 0.5) is 5.69 Å². The number of benzene rings is 1. The number of fused-ring (bicyclic) bond motifs is 2. The summed E-state index contributed by atoms with van der Waals surface area (Å²) in [5.41, 5.74) is 2.74. The highest BCUT2D eigenvalue weighted by atomic mass is 32.2. The molecule has 1 aromatic carbocycles. The van der Waals surface area contributed by atoms with Crippen LogP contribution in [0.2, 0.25) is 0 Å². The van der Waals surface area contributed by atoms with E-state index < -0.39 is 15.4 Å². The Morgan fingerprint density at radius 2 is 1.79 bits per heavy atom. The Labute approximate surface area is 169 Å². The van der Waals surface area contributed by atoms with Gasteiger partial charge in [0.05, 0.1) is 5.75 Å². The summed E-state index contributed by atoms with van der Waals surface area (Å²) in [5.74, 6) is 0.508. The lowest BCUT2D eigenvalue weighted by molar-refractivity contribution is -0.128. The van der Waals surface area contributed by atoms with Crippen molar-refractivity contribution >= 4 is 21.5 Å². The SMILES string of the molecule is Cc1ccc(C)c(N2CCN(S(=O)(=O)C[C@@]34CC[C@H](CC3=O)C4(C)C)CC2)c1. The summed E-state index contributed by atoms with van der Waals surface area (Å²) < 4.78 is 28.2. The molecule has 0 N–H and O–H groups in total. The smallest absolute Gasteiger partial charge is 0.215 e. The maximum atomic E-state index is 13.3. The standard InChI is InChI=1S/C22H32N2O3S/c1-16-5-6-17(2)19(13-16)23-9-11-24(12-10-23)28(26,27)15-22-8-7-18(14-20(22)25)21(22,3)4/h5-6,13,18H,7-12,14-15H2,1-4H3/t18-,22+/m1/s1. The van der Waals surface area contributed by atoms with Gasteiger partial charge in [-0.1, -0.05) is 26.0 Å². The van der Waals surface area contributed by atoms with Crippen LogP contribution in [0.1, 0.15) is 44.2 Å². The van der Waals surface area contributed by atoms with E-state index in [-0.39, 0.29) is 17.0 Å². The van der Waals surface area contributed by atoms with Gasteiger partial charge in [0.1, 0.15) is 5.78 Å². The third-order valence-corrected chi connectivity index (χ3v) is 9.91. The summed E-state index contributed by atoms with van der Waals surface area (Å²) in [5, 5.41) is 0. The van der Waals surface area contributed by atoms with E-state index in [0.717, 1.165) is 12.8 Å². The van der Waals surface area contributed by atoms with Gasteiger partial charge >= 0.3 is 0 Å². The summed E-state index contributed by atoms with van der Waals surface area (Å²) >= 11 is 0. The quantitative estimate of drug-likeness (QED) is 0.774. The molecule has 5 nitrogen and oxygen atoms in total. The number of aryl methyl sites for hydroxylation is 2. The van der Waals surface area contributed by atoms with E-state index in [9.17, 15) is 13.2 Å². The summed E-state index contributed by atoms with van der Waals surface area (Å²) in [6, 6.07) is 6.40. The molecule has 2 bridgehead atoms. The molecule has 3 aliphatic rings. The average Bonchev–Trinajstić information content (AvgIpc) is 2.98. The number of carbonyl (C=O) groups is 1. The lowest BCUT2D eigenvalue weighted by Gasteiger charge is -2.40. The van der Waals surface area contributed by atoms with Crippen molar-refractivity contribution in [3.63, 3.8) is 0 Å². The van der Waals surface area contributed by atoms with Crippen LogP contribution in [-0.2, 0) is 14.8 Å². The van der Waals surface area contributed by atoms with Gasteiger partial charge in [0.2, 0.25) is 10.0 Å². The largest absolute Gasteiger partial charge is 0.369 e. The molecule has 3 fully saturated rings. The topological polar surface area (TPSA) is 57.7 Å². The molecule has 0 radical (unpaired) electrons. The lowest BCUT2D eigenvalue weighted by atomic mass is 9.70. The summed E-state index contributed by atoms with van der Waals surface area (Å²) in [4.78, 5) is 15.0. The number of hydrogen-bond donors (Lipinski definition) is 0. The molecule has 0 unspecified atom stereocenters. The minimum atomic E-state index is -3.45. The molecule has 0 aromatic heterocycles. The molecule has 0 amide bonds. The Kier molecular flexibility index (Phi) is 4.66. The zero-order valence-corrected chi connectivity index (χ0v) is 18.3. The Balaban J connectivity index is 1.49. The average molecular weight is 405 g/mol. The summed E-state index contributed by atoms with van der Waals surface area (Å²) in [7, 11) is -3.45. The van der Waals surface area contributed by atoms with E-state index in [1.807, 2.05) is 0 Å². The van der Waals surface area contributed by atoms with Crippen molar-refractivity contribution in [1.29, 1.82) is 0 Å². The monoisotopic (exact) mass is 404 g/mol. The number of hydrogen-bond acceptors (Lipinski definition) is 4. The van der Waals surface area contributed by atoms with Gasteiger partial charge in [0, 0.05) is 43.7 Å². The molecule has 0 spiro atoms. The molecule has 1 saturated heterocycles. The molecule has 6 heteroatoms. The second-order valence-electron chi connectivity index (χ2n) is 9.60. The minimum Gasteiger partial charge on any atom is -0.369 e. The molecule has 2 aliphatic carbocycles. The van der Waals surface area contributed by atoms with Crippen molar-refractivity contribution in [2.75, 3.05) is 36.8 Å². The number of ketones is 1. The molecular formula is C22H32N2O3S. The normalized spacial score (nSPS) is 30.2. The highest BCUT2D eigenvalue weighted by Crippen LogP contribution is 2.64. The van der Waals surface area contributed by atoms with E-state index in [2.05, 4.69) is 50.8 Å². The van der Waals surface area contributed by atoms with Crippen molar-refractivity contribution in [3.05, 3.63) is 29.3 Å². The highest BCUT2D eigenvalue weighted by molar-refractivity contribution is 7.89. The Bertz CT molecular complexity index is 900. The molecule has 1 heterocycles. The van der Waals surface area contributed by atoms with Crippen LogP contribution in [0, 0.1) is 30.6 Å². The second-order valence-corrected chi connectivity index (χ2v) is 11.6.